The number of fused-ring (bicyclic) bond motifs is 1. The third-order valence-corrected chi connectivity index (χ3v) is 5.14. The van der Waals surface area contributed by atoms with Gasteiger partial charge in [-0.15, -0.1) is 0 Å². The number of halogens is 1. The maximum absolute atomic E-state index is 13.0. The quantitative estimate of drug-likeness (QED) is 0.213. The average Bonchev–Trinajstić information content (AvgIpc) is 2.80. The number of aryl methyl sites for hydroxylation is 1. The van der Waals surface area contributed by atoms with E-state index in [0.717, 1.165) is 10.7 Å². The number of nitrogens with zero attached hydrogens (tertiary/aromatic N) is 5. The van der Waals surface area contributed by atoms with Gasteiger partial charge < -0.3 is 9.47 Å². The molecule has 0 atom stereocenters. The van der Waals surface area contributed by atoms with E-state index in [4.69, 9.17) is 9.47 Å². The van der Waals surface area contributed by atoms with Crippen molar-refractivity contribution in [1.82, 2.24) is 14.6 Å². The third kappa shape index (κ3) is 4.58. The Morgan fingerprint density at radius 3 is 2.73 bits per heavy atom. The van der Waals surface area contributed by atoms with Crippen molar-refractivity contribution in [1.29, 1.82) is 0 Å². The van der Waals surface area contributed by atoms with Gasteiger partial charge in [0, 0.05) is 22.2 Å². The molecule has 0 saturated heterocycles. The van der Waals surface area contributed by atoms with Crippen LogP contribution < -0.4 is 15.0 Å². The lowest BCUT2D eigenvalue weighted by molar-refractivity contribution is -0.385. The number of hydrogen-bond donors (Lipinski definition) is 0. The summed E-state index contributed by atoms with van der Waals surface area (Å²) in [6, 6.07) is 13.1. The van der Waals surface area contributed by atoms with Gasteiger partial charge in [0.25, 0.3) is 11.2 Å². The Morgan fingerprint density at radius 1 is 1.21 bits per heavy atom. The van der Waals surface area contributed by atoms with E-state index in [1.807, 2.05) is 6.07 Å². The molecule has 4 rings (SSSR count). The van der Waals surface area contributed by atoms with E-state index in [2.05, 4.69) is 31.0 Å². The molecule has 2 aromatic carbocycles. The Bertz CT molecular complexity index is 1450. The van der Waals surface area contributed by atoms with Crippen molar-refractivity contribution < 1.29 is 14.4 Å². The number of ether oxygens (including phenoxy) is 2. The number of hydrogen-bond acceptors (Lipinski definition) is 8. The second-order valence-electron chi connectivity index (χ2n) is 6.77. The molecule has 10 nitrogen and oxygen atoms in total. The molecule has 2 heterocycles. The number of rotatable bonds is 6. The van der Waals surface area contributed by atoms with Gasteiger partial charge in [-0.2, -0.15) is 9.78 Å². The van der Waals surface area contributed by atoms with Crippen LogP contribution >= 0.6 is 15.9 Å². The molecular weight excluding hydrogens is 494 g/mol. The van der Waals surface area contributed by atoms with E-state index in [1.165, 1.54) is 30.1 Å². The first-order valence-electron chi connectivity index (χ1n) is 9.56. The van der Waals surface area contributed by atoms with E-state index < -0.39 is 4.92 Å². The summed E-state index contributed by atoms with van der Waals surface area (Å²) in [4.78, 5) is 31.7. The van der Waals surface area contributed by atoms with Crippen LogP contribution in [-0.2, 0) is 0 Å². The van der Waals surface area contributed by atoms with Gasteiger partial charge >= 0.3 is 0 Å². The highest BCUT2D eigenvalue weighted by Gasteiger charge is 2.14. The summed E-state index contributed by atoms with van der Waals surface area (Å²) in [7, 11) is 1.48. The first-order chi connectivity index (χ1) is 15.9. The smallest absolute Gasteiger partial charge is 0.287 e. The first kappa shape index (κ1) is 22.1. The summed E-state index contributed by atoms with van der Waals surface area (Å²) in [5.41, 5.74) is 0.587. The molecule has 2 aromatic heterocycles. The SMILES string of the molecule is COc1cccc(C=Nn2c(C)nc3ccc(Br)cc3c2=O)c1Oc1ccc([N+](=O)[O-])cn1. The Kier molecular flexibility index (Phi) is 6.13. The van der Waals surface area contributed by atoms with Crippen LogP contribution in [0, 0.1) is 17.0 Å². The lowest BCUT2D eigenvalue weighted by Gasteiger charge is -2.12. The summed E-state index contributed by atoms with van der Waals surface area (Å²) in [5, 5.41) is 15.6. The largest absolute Gasteiger partial charge is 0.493 e. The van der Waals surface area contributed by atoms with E-state index in [9.17, 15) is 14.9 Å². The van der Waals surface area contributed by atoms with Crippen LogP contribution in [0.15, 0.2) is 69.1 Å². The molecule has 0 spiro atoms. The van der Waals surface area contributed by atoms with Crippen molar-refractivity contribution in [3.63, 3.8) is 0 Å². The molecule has 0 bridgehead atoms. The number of benzene rings is 2. The molecule has 4 aromatic rings. The van der Waals surface area contributed by atoms with Crippen LogP contribution in [0.4, 0.5) is 5.69 Å². The minimum absolute atomic E-state index is 0.130. The molecule has 0 N–H and O–H groups in total. The molecule has 0 fully saturated rings. The van der Waals surface area contributed by atoms with Crippen LogP contribution in [0.25, 0.3) is 10.9 Å². The second kappa shape index (κ2) is 9.17. The van der Waals surface area contributed by atoms with Gasteiger partial charge in [0.1, 0.15) is 12.0 Å². The number of aromatic nitrogens is 3. The topological polar surface area (TPSA) is 122 Å². The maximum Gasteiger partial charge on any atom is 0.287 e. The molecular formula is C22H16BrN5O5. The minimum Gasteiger partial charge on any atom is -0.493 e. The molecule has 0 aliphatic heterocycles. The van der Waals surface area contributed by atoms with Gasteiger partial charge in [-0.25, -0.2) is 9.97 Å². The predicted octanol–water partition coefficient (Wildman–Crippen LogP) is 4.45. The summed E-state index contributed by atoms with van der Waals surface area (Å²) >= 11 is 3.37. The van der Waals surface area contributed by atoms with Crippen LogP contribution in [0.2, 0.25) is 0 Å². The number of pyridine rings is 1. The van der Waals surface area contributed by atoms with Crippen molar-refractivity contribution in [3.05, 3.63) is 91.1 Å². The van der Waals surface area contributed by atoms with Crippen LogP contribution in [0.5, 0.6) is 17.4 Å². The fourth-order valence-electron chi connectivity index (χ4n) is 3.07. The van der Waals surface area contributed by atoms with E-state index in [0.29, 0.717) is 28.0 Å². The van der Waals surface area contributed by atoms with E-state index in [-0.39, 0.29) is 22.9 Å². The Labute approximate surface area is 195 Å². The van der Waals surface area contributed by atoms with Crippen molar-refractivity contribution in [3.8, 4) is 17.4 Å². The standard InChI is InChI=1S/C22H16BrN5O5/c1-13-26-18-8-6-15(23)10-17(18)22(29)27(13)25-11-14-4-3-5-19(32-2)21(14)33-20-9-7-16(12-24-20)28(30)31/h3-12H,1-2H3. The van der Waals surface area contributed by atoms with Gasteiger partial charge in [-0.05, 0) is 37.3 Å². The summed E-state index contributed by atoms with van der Waals surface area (Å²) in [6.07, 6.45) is 2.55. The van der Waals surface area contributed by atoms with Crippen molar-refractivity contribution in [2.24, 2.45) is 5.10 Å². The normalized spacial score (nSPS) is 11.1. The zero-order valence-corrected chi connectivity index (χ0v) is 19.0. The van der Waals surface area contributed by atoms with Crippen molar-refractivity contribution >= 4 is 38.7 Å². The molecule has 33 heavy (non-hydrogen) atoms. The first-order valence-corrected chi connectivity index (χ1v) is 10.3. The Balaban J connectivity index is 1.74. The minimum atomic E-state index is -0.547. The number of methoxy groups -OCH3 is 1. The summed E-state index contributed by atoms with van der Waals surface area (Å²) in [5.74, 6) is 1.22. The average molecular weight is 510 g/mol. The van der Waals surface area contributed by atoms with Crippen LogP contribution in [-0.4, -0.2) is 32.9 Å². The summed E-state index contributed by atoms with van der Waals surface area (Å²) in [6.45, 7) is 1.68. The third-order valence-electron chi connectivity index (χ3n) is 4.65. The molecule has 0 aliphatic carbocycles. The van der Waals surface area contributed by atoms with Gasteiger partial charge in [0.15, 0.2) is 11.5 Å². The Morgan fingerprint density at radius 2 is 2.03 bits per heavy atom. The van der Waals surface area contributed by atoms with E-state index >= 15 is 0 Å². The van der Waals surface area contributed by atoms with Gasteiger partial charge in [0.05, 0.1) is 29.2 Å². The molecule has 0 radical (unpaired) electrons. The van der Waals surface area contributed by atoms with Crippen molar-refractivity contribution in [2.75, 3.05) is 7.11 Å². The molecule has 0 aliphatic rings. The van der Waals surface area contributed by atoms with Crippen LogP contribution in [0.3, 0.4) is 0 Å². The summed E-state index contributed by atoms with van der Waals surface area (Å²) < 4.78 is 13.2. The highest BCUT2D eigenvalue weighted by Crippen LogP contribution is 2.34. The number of para-hydroxylation sites is 1. The molecule has 11 heteroatoms. The lowest BCUT2D eigenvalue weighted by atomic mass is 10.2. The lowest BCUT2D eigenvalue weighted by Crippen LogP contribution is -2.20. The van der Waals surface area contributed by atoms with Gasteiger partial charge in [-0.3, -0.25) is 14.9 Å². The zero-order valence-electron chi connectivity index (χ0n) is 17.4. The van der Waals surface area contributed by atoms with E-state index in [1.54, 1.807) is 37.3 Å². The van der Waals surface area contributed by atoms with Crippen LogP contribution in [0.1, 0.15) is 11.4 Å². The fraction of sp³-hybridized carbons (Fsp3) is 0.0909. The monoisotopic (exact) mass is 509 g/mol. The molecule has 0 unspecified atom stereocenters. The predicted molar refractivity (Wildman–Crippen MR) is 125 cm³/mol. The second-order valence-corrected chi connectivity index (χ2v) is 7.69. The fourth-order valence-corrected chi connectivity index (χ4v) is 3.43. The maximum atomic E-state index is 13.0. The van der Waals surface area contributed by atoms with Gasteiger partial charge in [-0.1, -0.05) is 22.0 Å². The Hall–Kier alpha value is -4.12. The molecule has 0 saturated carbocycles. The molecule has 166 valence electrons. The number of nitro groups is 1. The highest BCUT2D eigenvalue weighted by atomic mass is 79.9. The highest BCUT2D eigenvalue weighted by molar-refractivity contribution is 9.10. The van der Waals surface area contributed by atoms with Crippen molar-refractivity contribution in [2.45, 2.75) is 6.92 Å². The zero-order chi connectivity index (χ0) is 23.5. The molecule has 0 amide bonds. The van der Waals surface area contributed by atoms with Gasteiger partial charge in [0.2, 0.25) is 5.88 Å².